The molecule has 1 atom stereocenters. The number of methoxy groups -OCH3 is 1. The summed E-state index contributed by atoms with van der Waals surface area (Å²) in [6, 6.07) is 4.95. The molecule has 1 unspecified atom stereocenters. The van der Waals surface area contributed by atoms with E-state index in [0.717, 1.165) is 12.8 Å². The van der Waals surface area contributed by atoms with E-state index in [1.807, 2.05) is 0 Å². The number of benzene rings is 1. The van der Waals surface area contributed by atoms with Crippen molar-refractivity contribution in [3.05, 3.63) is 28.8 Å². The Morgan fingerprint density at radius 3 is 2.82 bits per heavy atom. The highest BCUT2D eigenvalue weighted by Gasteiger charge is 2.13. The topological polar surface area (TPSA) is 52.3 Å². The Labute approximate surface area is 107 Å². The fourth-order valence-corrected chi connectivity index (χ4v) is 1.86. The lowest BCUT2D eigenvalue weighted by Crippen LogP contribution is -2.23. The van der Waals surface area contributed by atoms with E-state index in [0.29, 0.717) is 22.8 Å². The first kappa shape index (κ1) is 14.0. The van der Waals surface area contributed by atoms with Gasteiger partial charge in [-0.2, -0.15) is 0 Å². The maximum atomic E-state index is 11.9. The molecule has 0 fully saturated rings. The number of hydrogen-bond acceptors (Lipinski definition) is 3. The highest BCUT2D eigenvalue weighted by atomic mass is 35.5. The summed E-state index contributed by atoms with van der Waals surface area (Å²) < 4.78 is 5.07. The van der Waals surface area contributed by atoms with Crippen LogP contribution < -0.4 is 10.5 Å². The second-order valence-electron chi connectivity index (χ2n) is 4.03. The second-order valence-corrected chi connectivity index (χ2v) is 4.43. The van der Waals surface area contributed by atoms with Gasteiger partial charge in [0, 0.05) is 18.0 Å². The number of rotatable bonds is 6. The molecular weight excluding hydrogens is 238 g/mol. The van der Waals surface area contributed by atoms with Crippen LogP contribution in [0.4, 0.5) is 0 Å². The maximum Gasteiger partial charge on any atom is 0.164 e. The van der Waals surface area contributed by atoms with Gasteiger partial charge in [0.25, 0.3) is 0 Å². The Balaban J connectivity index is 2.75. The van der Waals surface area contributed by atoms with Crippen molar-refractivity contribution in [1.29, 1.82) is 0 Å². The van der Waals surface area contributed by atoms with Gasteiger partial charge < -0.3 is 10.5 Å². The van der Waals surface area contributed by atoms with Gasteiger partial charge in [0.15, 0.2) is 5.78 Å². The Morgan fingerprint density at radius 1 is 1.53 bits per heavy atom. The van der Waals surface area contributed by atoms with Crippen molar-refractivity contribution in [2.75, 3.05) is 7.11 Å². The molecule has 2 N–H and O–H groups in total. The summed E-state index contributed by atoms with van der Waals surface area (Å²) in [6.45, 7) is 2.05. The zero-order valence-corrected chi connectivity index (χ0v) is 11.0. The molecule has 4 heteroatoms. The van der Waals surface area contributed by atoms with Crippen molar-refractivity contribution in [3.8, 4) is 5.75 Å². The zero-order valence-electron chi connectivity index (χ0n) is 10.2. The van der Waals surface area contributed by atoms with Crippen LogP contribution in [0, 0.1) is 0 Å². The van der Waals surface area contributed by atoms with Gasteiger partial charge in [0.05, 0.1) is 12.1 Å². The van der Waals surface area contributed by atoms with E-state index < -0.39 is 0 Å². The molecule has 0 bridgehead atoms. The predicted molar refractivity (Wildman–Crippen MR) is 69.8 cm³/mol. The SMILES string of the molecule is CCCC(N)CC(=O)c1ccc(Cl)c(OC)c1. The minimum atomic E-state index is -0.0748. The quantitative estimate of drug-likeness (QED) is 0.795. The van der Waals surface area contributed by atoms with Crippen LogP contribution in [0.5, 0.6) is 5.75 Å². The summed E-state index contributed by atoms with van der Waals surface area (Å²) in [6.07, 6.45) is 2.20. The molecule has 0 aliphatic carbocycles. The first-order valence-corrected chi connectivity index (χ1v) is 6.08. The number of ether oxygens (including phenoxy) is 1. The van der Waals surface area contributed by atoms with Gasteiger partial charge in [0.2, 0.25) is 0 Å². The van der Waals surface area contributed by atoms with E-state index in [1.54, 1.807) is 18.2 Å². The number of halogens is 1. The third kappa shape index (κ3) is 4.02. The Morgan fingerprint density at radius 2 is 2.24 bits per heavy atom. The molecule has 1 aromatic rings. The average Bonchev–Trinajstić information content (AvgIpc) is 2.29. The number of ketones is 1. The minimum Gasteiger partial charge on any atom is -0.495 e. The molecule has 0 aliphatic rings. The van der Waals surface area contributed by atoms with Crippen LogP contribution in [-0.2, 0) is 0 Å². The highest BCUT2D eigenvalue weighted by Crippen LogP contribution is 2.25. The largest absolute Gasteiger partial charge is 0.495 e. The molecule has 94 valence electrons. The van der Waals surface area contributed by atoms with Crippen LogP contribution in [0.1, 0.15) is 36.5 Å². The number of carbonyl (C=O) groups excluding carboxylic acids is 1. The van der Waals surface area contributed by atoms with E-state index >= 15 is 0 Å². The fraction of sp³-hybridized carbons (Fsp3) is 0.462. The summed E-state index contributed by atoms with van der Waals surface area (Å²) >= 11 is 5.90. The summed E-state index contributed by atoms with van der Waals surface area (Å²) in [5, 5.41) is 0.502. The normalized spacial score (nSPS) is 12.2. The van der Waals surface area contributed by atoms with E-state index in [-0.39, 0.29) is 11.8 Å². The van der Waals surface area contributed by atoms with Crippen LogP contribution >= 0.6 is 11.6 Å². The van der Waals surface area contributed by atoms with E-state index in [4.69, 9.17) is 22.1 Å². The van der Waals surface area contributed by atoms with Crippen molar-refractivity contribution < 1.29 is 9.53 Å². The summed E-state index contributed by atoms with van der Waals surface area (Å²) in [5.74, 6) is 0.544. The molecule has 0 spiro atoms. The Kier molecular flexibility index (Phi) is 5.45. The van der Waals surface area contributed by atoms with Crippen LogP contribution in [-0.4, -0.2) is 18.9 Å². The summed E-state index contributed by atoms with van der Waals surface area (Å²) in [4.78, 5) is 11.9. The molecule has 0 aliphatic heterocycles. The Bertz CT molecular complexity index is 393. The van der Waals surface area contributed by atoms with E-state index in [2.05, 4.69) is 6.92 Å². The predicted octanol–water partition coefficient (Wildman–Crippen LogP) is 3.05. The van der Waals surface area contributed by atoms with Crippen LogP contribution in [0.25, 0.3) is 0 Å². The van der Waals surface area contributed by atoms with E-state index in [1.165, 1.54) is 7.11 Å². The first-order valence-electron chi connectivity index (χ1n) is 5.70. The van der Waals surface area contributed by atoms with Crippen LogP contribution in [0.2, 0.25) is 5.02 Å². The number of Topliss-reactive ketones (excluding diaryl/α,β-unsaturated/α-hetero) is 1. The standard InChI is InChI=1S/C13H18ClNO2/c1-3-4-10(15)8-12(16)9-5-6-11(14)13(7-9)17-2/h5-7,10H,3-4,8,15H2,1-2H3. The van der Waals surface area contributed by atoms with Crippen molar-refractivity contribution >= 4 is 17.4 Å². The summed E-state index contributed by atoms with van der Waals surface area (Å²) in [7, 11) is 1.53. The number of nitrogens with two attached hydrogens (primary N) is 1. The van der Waals surface area contributed by atoms with Crippen molar-refractivity contribution in [2.45, 2.75) is 32.2 Å². The monoisotopic (exact) mass is 255 g/mol. The molecule has 1 rings (SSSR count). The van der Waals surface area contributed by atoms with Crippen molar-refractivity contribution in [3.63, 3.8) is 0 Å². The molecule has 17 heavy (non-hydrogen) atoms. The molecule has 3 nitrogen and oxygen atoms in total. The van der Waals surface area contributed by atoms with E-state index in [9.17, 15) is 4.79 Å². The maximum absolute atomic E-state index is 11.9. The smallest absolute Gasteiger partial charge is 0.164 e. The lowest BCUT2D eigenvalue weighted by molar-refractivity contribution is 0.0973. The molecule has 0 radical (unpaired) electrons. The van der Waals surface area contributed by atoms with Gasteiger partial charge in [-0.1, -0.05) is 24.9 Å². The molecule has 0 aromatic heterocycles. The molecular formula is C13H18ClNO2. The molecule has 0 saturated heterocycles. The summed E-state index contributed by atoms with van der Waals surface area (Å²) in [5.41, 5.74) is 6.44. The van der Waals surface area contributed by atoms with Gasteiger partial charge in [-0.25, -0.2) is 0 Å². The number of hydrogen-bond donors (Lipinski definition) is 1. The van der Waals surface area contributed by atoms with Gasteiger partial charge in [-0.15, -0.1) is 0 Å². The zero-order chi connectivity index (χ0) is 12.8. The van der Waals surface area contributed by atoms with Gasteiger partial charge in [-0.3, -0.25) is 4.79 Å². The Hall–Kier alpha value is -1.06. The lowest BCUT2D eigenvalue weighted by Gasteiger charge is -2.10. The number of carbonyl (C=O) groups is 1. The highest BCUT2D eigenvalue weighted by molar-refractivity contribution is 6.32. The van der Waals surface area contributed by atoms with Gasteiger partial charge >= 0.3 is 0 Å². The fourth-order valence-electron chi connectivity index (χ4n) is 1.66. The van der Waals surface area contributed by atoms with Gasteiger partial charge in [0.1, 0.15) is 5.75 Å². The van der Waals surface area contributed by atoms with Crippen LogP contribution in [0.3, 0.4) is 0 Å². The third-order valence-corrected chi connectivity index (χ3v) is 2.89. The van der Waals surface area contributed by atoms with Crippen molar-refractivity contribution in [2.24, 2.45) is 5.73 Å². The van der Waals surface area contributed by atoms with Gasteiger partial charge in [-0.05, 0) is 24.6 Å². The lowest BCUT2D eigenvalue weighted by atomic mass is 10.0. The minimum absolute atomic E-state index is 0.0286. The van der Waals surface area contributed by atoms with Crippen LogP contribution in [0.15, 0.2) is 18.2 Å². The molecule has 1 aromatic carbocycles. The molecule has 0 amide bonds. The van der Waals surface area contributed by atoms with Crippen molar-refractivity contribution in [1.82, 2.24) is 0 Å². The molecule has 0 saturated carbocycles. The average molecular weight is 256 g/mol. The third-order valence-electron chi connectivity index (χ3n) is 2.58. The first-order chi connectivity index (χ1) is 8.08. The molecule has 0 heterocycles. The second kappa shape index (κ2) is 6.62.